The van der Waals surface area contributed by atoms with Crippen LogP contribution in [0.4, 0.5) is 11.5 Å². The monoisotopic (exact) mass is 222 g/mol. The Balaban J connectivity index is 2.04. The molecule has 1 aliphatic carbocycles. The number of hydrogen-bond acceptors (Lipinski definition) is 3. The summed E-state index contributed by atoms with van der Waals surface area (Å²) in [5.41, 5.74) is 7.78. The van der Waals surface area contributed by atoms with Crippen LogP contribution in [0.25, 0.3) is 0 Å². The van der Waals surface area contributed by atoms with Crippen LogP contribution in [-0.2, 0) is 6.54 Å². The van der Waals surface area contributed by atoms with E-state index in [4.69, 9.17) is 5.73 Å². The highest BCUT2D eigenvalue weighted by Gasteiger charge is 2.19. The van der Waals surface area contributed by atoms with Gasteiger partial charge in [0, 0.05) is 13.1 Å². The van der Waals surface area contributed by atoms with Crippen LogP contribution < -0.4 is 11.1 Å². The minimum atomic E-state index is 0.813. The Morgan fingerprint density at radius 1 is 1.50 bits per heavy atom. The Morgan fingerprint density at radius 2 is 2.25 bits per heavy atom. The molecule has 1 fully saturated rings. The Morgan fingerprint density at radius 3 is 2.81 bits per heavy atom. The molecule has 1 aliphatic rings. The zero-order valence-electron chi connectivity index (χ0n) is 10.3. The highest BCUT2D eigenvalue weighted by Crippen LogP contribution is 2.28. The van der Waals surface area contributed by atoms with E-state index < -0.39 is 0 Å². The molecule has 0 saturated heterocycles. The van der Waals surface area contributed by atoms with Gasteiger partial charge in [-0.3, -0.25) is 0 Å². The first-order valence-corrected chi connectivity index (χ1v) is 6.29. The molecule has 0 aliphatic heterocycles. The number of nitrogens with zero attached hydrogens (tertiary/aromatic N) is 2. The van der Waals surface area contributed by atoms with E-state index in [1.165, 1.54) is 19.3 Å². The van der Waals surface area contributed by atoms with Gasteiger partial charge in [-0.1, -0.05) is 13.3 Å². The topological polar surface area (TPSA) is 55.9 Å². The fourth-order valence-electron chi connectivity index (χ4n) is 2.09. The number of anilines is 2. The standard InChI is InChI=1S/C12H22N4/c1-3-7-16-12(11(13)9(2)15-16)14-8-10-5-4-6-10/h10,14H,3-8,13H2,1-2H3. The predicted molar refractivity (Wildman–Crippen MR) is 67.5 cm³/mol. The maximum Gasteiger partial charge on any atom is 0.148 e. The number of nitrogens with one attached hydrogen (secondary N) is 1. The smallest absolute Gasteiger partial charge is 0.148 e. The van der Waals surface area contributed by atoms with Gasteiger partial charge in [0.25, 0.3) is 0 Å². The molecule has 4 heteroatoms. The van der Waals surface area contributed by atoms with Crippen molar-refractivity contribution in [1.82, 2.24) is 9.78 Å². The van der Waals surface area contributed by atoms with Crippen molar-refractivity contribution in [3.63, 3.8) is 0 Å². The molecule has 0 aromatic carbocycles. The van der Waals surface area contributed by atoms with Crippen LogP contribution in [0.1, 0.15) is 38.3 Å². The van der Waals surface area contributed by atoms with Gasteiger partial charge >= 0.3 is 0 Å². The van der Waals surface area contributed by atoms with Crippen LogP contribution >= 0.6 is 0 Å². The van der Waals surface area contributed by atoms with Gasteiger partial charge < -0.3 is 11.1 Å². The van der Waals surface area contributed by atoms with E-state index in [2.05, 4.69) is 17.3 Å². The molecule has 1 saturated carbocycles. The summed E-state index contributed by atoms with van der Waals surface area (Å²) in [5.74, 6) is 1.86. The maximum atomic E-state index is 6.03. The van der Waals surface area contributed by atoms with E-state index >= 15 is 0 Å². The van der Waals surface area contributed by atoms with E-state index in [1.807, 2.05) is 11.6 Å². The van der Waals surface area contributed by atoms with Gasteiger partial charge in [0.15, 0.2) is 0 Å². The summed E-state index contributed by atoms with van der Waals surface area (Å²) in [7, 11) is 0. The second-order valence-electron chi connectivity index (χ2n) is 4.75. The zero-order valence-corrected chi connectivity index (χ0v) is 10.3. The molecule has 0 amide bonds. The first-order valence-electron chi connectivity index (χ1n) is 6.29. The average Bonchev–Trinajstić information content (AvgIpc) is 2.44. The molecule has 1 aromatic heterocycles. The largest absolute Gasteiger partial charge is 0.394 e. The normalized spacial score (nSPS) is 16.1. The van der Waals surface area contributed by atoms with Gasteiger partial charge in [0.2, 0.25) is 0 Å². The molecule has 4 nitrogen and oxygen atoms in total. The summed E-state index contributed by atoms with van der Waals surface area (Å²) in [4.78, 5) is 0. The lowest BCUT2D eigenvalue weighted by molar-refractivity contribution is 0.332. The second-order valence-corrected chi connectivity index (χ2v) is 4.75. The molecule has 0 spiro atoms. The van der Waals surface area contributed by atoms with Crippen LogP contribution in [0.2, 0.25) is 0 Å². The fraction of sp³-hybridized carbons (Fsp3) is 0.750. The van der Waals surface area contributed by atoms with Gasteiger partial charge in [0.1, 0.15) is 5.82 Å². The van der Waals surface area contributed by atoms with Crippen molar-refractivity contribution in [2.75, 3.05) is 17.6 Å². The summed E-state index contributed by atoms with van der Waals surface area (Å²) in [5, 5.41) is 7.92. The number of aryl methyl sites for hydroxylation is 2. The fourth-order valence-corrected chi connectivity index (χ4v) is 2.09. The number of aromatic nitrogens is 2. The molecule has 16 heavy (non-hydrogen) atoms. The SMILES string of the molecule is CCCn1nc(C)c(N)c1NCC1CCC1. The summed E-state index contributed by atoms with van der Waals surface area (Å²) >= 11 is 0. The van der Waals surface area contributed by atoms with Crippen molar-refractivity contribution in [3.8, 4) is 0 Å². The van der Waals surface area contributed by atoms with Crippen molar-refractivity contribution in [3.05, 3.63) is 5.69 Å². The van der Waals surface area contributed by atoms with E-state index in [0.29, 0.717) is 0 Å². The summed E-state index contributed by atoms with van der Waals surface area (Å²) in [6.07, 6.45) is 5.18. The molecule has 0 atom stereocenters. The van der Waals surface area contributed by atoms with Gasteiger partial charge in [-0.05, 0) is 32.1 Å². The van der Waals surface area contributed by atoms with Crippen molar-refractivity contribution >= 4 is 11.5 Å². The Labute approximate surface area is 97.2 Å². The molecule has 90 valence electrons. The van der Waals surface area contributed by atoms with Crippen LogP contribution in [0, 0.1) is 12.8 Å². The van der Waals surface area contributed by atoms with Crippen LogP contribution in [0.3, 0.4) is 0 Å². The minimum Gasteiger partial charge on any atom is -0.394 e. The summed E-state index contributed by atoms with van der Waals surface area (Å²) < 4.78 is 2.00. The van der Waals surface area contributed by atoms with E-state index in [9.17, 15) is 0 Å². The van der Waals surface area contributed by atoms with Crippen LogP contribution in [-0.4, -0.2) is 16.3 Å². The van der Waals surface area contributed by atoms with Gasteiger partial charge in [0.05, 0.1) is 11.4 Å². The van der Waals surface area contributed by atoms with Crippen molar-refractivity contribution in [2.45, 2.75) is 46.1 Å². The van der Waals surface area contributed by atoms with Crippen molar-refractivity contribution < 1.29 is 0 Å². The third-order valence-corrected chi connectivity index (χ3v) is 3.39. The van der Waals surface area contributed by atoms with Gasteiger partial charge in [-0.25, -0.2) is 4.68 Å². The van der Waals surface area contributed by atoms with E-state index in [-0.39, 0.29) is 0 Å². The van der Waals surface area contributed by atoms with Crippen LogP contribution in [0.15, 0.2) is 0 Å². The second kappa shape index (κ2) is 4.76. The molecule has 1 aromatic rings. The third-order valence-electron chi connectivity index (χ3n) is 3.39. The molecule has 3 N–H and O–H groups in total. The lowest BCUT2D eigenvalue weighted by Crippen LogP contribution is -2.22. The highest BCUT2D eigenvalue weighted by molar-refractivity contribution is 5.64. The average molecular weight is 222 g/mol. The molecule has 2 rings (SSSR count). The number of rotatable bonds is 5. The molecular formula is C12H22N4. The Kier molecular flexibility index (Phi) is 3.36. The minimum absolute atomic E-state index is 0.813. The van der Waals surface area contributed by atoms with Gasteiger partial charge in [-0.2, -0.15) is 5.10 Å². The number of nitrogens with two attached hydrogens (primary N) is 1. The molecular weight excluding hydrogens is 200 g/mol. The number of hydrogen-bond donors (Lipinski definition) is 2. The molecule has 0 radical (unpaired) electrons. The van der Waals surface area contributed by atoms with Crippen LogP contribution in [0.5, 0.6) is 0 Å². The Hall–Kier alpha value is -1.19. The van der Waals surface area contributed by atoms with Crippen molar-refractivity contribution in [2.24, 2.45) is 5.92 Å². The molecule has 1 heterocycles. The van der Waals surface area contributed by atoms with Crippen molar-refractivity contribution in [1.29, 1.82) is 0 Å². The molecule has 0 unspecified atom stereocenters. The quantitative estimate of drug-likeness (QED) is 0.804. The lowest BCUT2D eigenvalue weighted by atomic mass is 9.85. The lowest BCUT2D eigenvalue weighted by Gasteiger charge is -2.26. The molecule has 0 bridgehead atoms. The summed E-state index contributed by atoms with van der Waals surface area (Å²) in [6, 6.07) is 0. The Bertz CT molecular complexity index is 352. The third kappa shape index (κ3) is 2.15. The van der Waals surface area contributed by atoms with E-state index in [1.54, 1.807) is 0 Å². The zero-order chi connectivity index (χ0) is 11.5. The highest BCUT2D eigenvalue weighted by atomic mass is 15.3. The number of nitrogen functional groups attached to an aromatic ring is 1. The van der Waals surface area contributed by atoms with E-state index in [0.717, 1.165) is 42.6 Å². The first kappa shape index (κ1) is 11.3. The summed E-state index contributed by atoms with van der Waals surface area (Å²) in [6.45, 7) is 6.10. The maximum absolute atomic E-state index is 6.03. The first-order chi connectivity index (χ1) is 7.72. The predicted octanol–water partition coefficient (Wildman–Crippen LogP) is 2.40. The van der Waals surface area contributed by atoms with Gasteiger partial charge in [-0.15, -0.1) is 0 Å².